The fourth-order valence-electron chi connectivity index (χ4n) is 2.00. The lowest BCUT2D eigenvalue weighted by Gasteiger charge is -2.09. The fourth-order valence-corrected chi connectivity index (χ4v) is 2.89. The summed E-state index contributed by atoms with van der Waals surface area (Å²) in [6, 6.07) is 6.59. The first kappa shape index (κ1) is 11.6. The molecule has 1 unspecified atom stereocenters. The third-order valence-electron chi connectivity index (χ3n) is 2.80. The first-order valence-electron chi connectivity index (χ1n) is 5.75. The number of hydrogen-bond donors (Lipinski definition) is 1. The molecule has 1 aromatic carbocycles. The molecule has 0 spiro atoms. The number of thiazole rings is 1. The summed E-state index contributed by atoms with van der Waals surface area (Å²) in [4.78, 5) is 4.47. The van der Waals surface area contributed by atoms with Crippen LogP contribution in [-0.4, -0.2) is 11.5 Å². The van der Waals surface area contributed by atoms with Gasteiger partial charge < -0.3 is 5.73 Å². The van der Waals surface area contributed by atoms with Crippen LogP contribution in [0.2, 0.25) is 0 Å². The Hall–Kier alpha value is -0.930. The normalized spacial score (nSPS) is 13.2. The fraction of sp³-hybridized carbons (Fsp3) is 0.462. The van der Waals surface area contributed by atoms with E-state index in [4.69, 9.17) is 5.73 Å². The molecule has 2 N–H and O–H groups in total. The Morgan fingerprint density at radius 3 is 3.00 bits per heavy atom. The number of fused-ring (bicyclic) bond motifs is 1. The van der Waals surface area contributed by atoms with Crippen molar-refractivity contribution < 1.29 is 0 Å². The average Bonchev–Trinajstić information content (AvgIpc) is 2.57. The molecule has 1 heterocycles. The highest BCUT2D eigenvalue weighted by Crippen LogP contribution is 2.24. The van der Waals surface area contributed by atoms with Crippen LogP contribution in [0.3, 0.4) is 0 Å². The minimum Gasteiger partial charge on any atom is -0.330 e. The molecule has 2 rings (SSSR count). The van der Waals surface area contributed by atoms with Crippen molar-refractivity contribution in [2.24, 2.45) is 11.7 Å². The van der Waals surface area contributed by atoms with Crippen LogP contribution in [-0.2, 0) is 6.42 Å². The van der Waals surface area contributed by atoms with Gasteiger partial charge >= 0.3 is 0 Å². The first-order valence-corrected chi connectivity index (χ1v) is 6.57. The Morgan fingerprint density at radius 1 is 1.44 bits per heavy atom. The van der Waals surface area contributed by atoms with Crippen molar-refractivity contribution in [2.75, 3.05) is 6.54 Å². The average molecular weight is 234 g/mol. The summed E-state index contributed by atoms with van der Waals surface area (Å²) in [5.74, 6) is 0.663. The van der Waals surface area contributed by atoms with Gasteiger partial charge in [0, 0.05) is 0 Å². The van der Waals surface area contributed by atoms with E-state index in [1.54, 1.807) is 11.3 Å². The Bertz CT molecular complexity index is 476. The monoisotopic (exact) mass is 234 g/mol. The van der Waals surface area contributed by atoms with Crippen molar-refractivity contribution in [1.82, 2.24) is 4.98 Å². The van der Waals surface area contributed by atoms with Gasteiger partial charge in [-0.25, -0.2) is 4.98 Å². The van der Waals surface area contributed by atoms with Gasteiger partial charge in [0.25, 0.3) is 0 Å². The van der Waals surface area contributed by atoms with Gasteiger partial charge in [0.2, 0.25) is 0 Å². The molecule has 1 aromatic heterocycles. The molecule has 0 radical (unpaired) electrons. The molecular weight excluding hydrogens is 216 g/mol. The van der Waals surface area contributed by atoms with Gasteiger partial charge in [0.15, 0.2) is 0 Å². The van der Waals surface area contributed by atoms with E-state index in [9.17, 15) is 0 Å². The van der Waals surface area contributed by atoms with E-state index in [0.29, 0.717) is 5.92 Å². The van der Waals surface area contributed by atoms with E-state index in [1.165, 1.54) is 10.3 Å². The van der Waals surface area contributed by atoms with E-state index in [1.807, 2.05) is 0 Å². The van der Waals surface area contributed by atoms with Crippen LogP contribution in [0, 0.1) is 12.8 Å². The molecule has 0 aliphatic rings. The zero-order valence-corrected chi connectivity index (χ0v) is 10.7. The SMILES string of the molecule is Cc1nc2ccc(CC(C)CCN)cc2s1. The maximum absolute atomic E-state index is 5.57. The van der Waals surface area contributed by atoms with Crippen LogP contribution in [0.25, 0.3) is 10.2 Å². The first-order chi connectivity index (χ1) is 7.69. The zero-order valence-electron chi connectivity index (χ0n) is 9.86. The minimum absolute atomic E-state index is 0.663. The minimum atomic E-state index is 0.663. The second-order valence-electron chi connectivity index (χ2n) is 4.42. The highest BCUT2D eigenvalue weighted by atomic mass is 32.1. The van der Waals surface area contributed by atoms with Gasteiger partial charge in [-0.3, -0.25) is 0 Å². The molecule has 1 atom stereocenters. The van der Waals surface area contributed by atoms with Crippen LogP contribution in [0.1, 0.15) is 23.9 Å². The van der Waals surface area contributed by atoms with E-state index in [0.717, 1.165) is 29.9 Å². The lowest BCUT2D eigenvalue weighted by Crippen LogP contribution is -2.07. The van der Waals surface area contributed by atoms with Crippen LogP contribution < -0.4 is 5.73 Å². The maximum Gasteiger partial charge on any atom is 0.0907 e. The van der Waals surface area contributed by atoms with Gasteiger partial charge in [-0.15, -0.1) is 11.3 Å². The van der Waals surface area contributed by atoms with Gasteiger partial charge in [0.1, 0.15) is 0 Å². The van der Waals surface area contributed by atoms with Crippen LogP contribution in [0.4, 0.5) is 0 Å². The van der Waals surface area contributed by atoms with E-state index < -0.39 is 0 Å². The molecule has 0 saturated carbocycles. The number of benzene rings is 1. The molecule has 86 valence electrons. The Balaban J connectivity index is 2.18. The molecule has 0 saturated heterocycles. The summed E-state index contributed by atoms with van der Waals surface area (Å²) in [5, 5.41) is 1.14. The molecule has 0 fully saturated rings. The van der Waals surface area contributed by atoms with Crippen molar-refractivity contribution >= 4 is 21.6 Å². The molecular formula is C13H18N2S. The molecule has 3 heteroatoms. The van der Waals surface area contributed by atoms with Gasteiger partial charge in [0.05, 0.1) is 15.2 Å². The van der Waals surface area contributed by atoms with Crippen molar-refractivity contribution in [3.8, 4) is 0 Å². The quantitative estimate of drug-likeness (QED) is 0.882. The molecule has 0 aliphatic heterocycles. The predicted molar refractivity (Wildman–Crippen MR) is 70.9 cm³/mol. The van der Waals surface area contributed by atoms with Gasteiger partial charge in [-0.05, 0) is 49.9 Å². The number of hydrogen-bond acceptors (Lipinski definition) is 3. The highest BCUT2D eigenvalue weighted by Gasteiger charge is 2.05. The summed E-state index contributed by atoms with van der Waals surface area (Å²) < 4.78 is 1.30. The highest BCUT2D eigenvalue weighted by molar-refractivity contribution is 7.18. The largest absolute Gasteiger partial charge is 0.330 e. The maximum atomic E-state index is 5.57. The van der Waals surface area contributed by atoms with Crippen molar-refractivity contribution in [3.63, 3.8) is 0 Å². The van der Waals surface area contributed by atoms with E-state index >= 15 is 0 Å². The summed E-state index contributed by atoms with van der Waals surface area (Å²) in [6.45, 7) is 5.10. The van der Waals surface area contributed by atoms with E-state index in [2.05, 4.69) is 37.0 Å². The number of nitrogens with two attached hydrogens (primary N) is 1. The standard InChI is InChI=1S/C13H18N2S/c1-9(5-6-14)7-11-3-4-12-13(8-11)16-10(2)15-12/h3-4,8-9H,5-7,14H2,1-2H3. The molecule has 0 bridgehead atoms. The van der Waals surface area contributed by atoms with Crippen LogP contribution in [0.15, 0.2) is 18.2 Å². The second-order valence-corrected chi connectivity index (χ2v) is 5.66. The van der Waals surface area contributed by atoms with Crippen molar-refractivity contribution in [1.29, 1.82) is 0 Å². The van der Waals surface area contributed by atoms with Crippen LogP contribution in [0.5, 0.6) is 0 Å². The number of aromatic nitrogens is 1. The summed E-state index contributed by atoms with van der Waals surface area (Å²) in [5.41, 5.74) is 8.09. The Labute approximate surface area is 101 Å². The molecule has 2 aromatic rings. The van der Waals surface area contributed by atoms with Crippen LogP contribution >= 0.6 is 11.3 Å². The third kappa shape index (κ3) is 2.60. The smallest absolute Gasteiger partial charge is 0.0907 e. The van der Waals surface area contributed by atoms with Gasteiger partial charge in [-0.1, -0.05) is 13.0 Å². The predicted octanol–water partition coefficient (Wildman–Crippen LogP) is 3.13. The Kier molecular flexibility index (Phi) is 3.56. The van der Waals surface area contributed by atoms with Crippen molar-refractivity contribution in [3.05, 3.63) is 28.8 Å². The summed E-state index contributed by atoms with van der Waals surface area (Å²) >= 11 is 1.77. The summed E-state index contributed by atoms with van der Waals surface area (Å²) in [6.07, 6.45) is 2.21. The number of nitrogens with zero attached hydrogens (tertiary/aromatic N) is 1. The van der Waals surface area contributed by atoms with Crippen molar-refractivity contribution in [2.45, 2.75) is 26.7 Å². The number of aryl methyl sites for hydroxylation is 1. The summed E-state index contributed by atoms with van der Waals surface area (Å²) in [7, 11) is 0. The Morgan fingerprint density at radius 2 is 2.25 bits per heavy atom. The molecule has 0 aliphatic carbocycles. The topological polar surface area (TPSA) is 38.9 Å². The number of rotatable bonds is 4. The second kappa shape index (κ2) is 4.93. The molecule has 2 nitrogen and oxygen atoms in total. The lowest BCUT2D eigenvalue weighted by molar-refractivity contribution is 0.539. The lowest BCUT2D eigenvalue weighted by atomic mass is 9.98. The van der Waals surface area contributed by atoms with Gasteiger partial charge in [-0.2, -0.15) is 0 Å². The zero-order chi connectivity index (χ0) is 11.5. The van der Waals surface area contributed by atoms with E-state index in [-0.39, 0.29) is 0 Å². The third-order valence-corrected chi connectivity index (χ3v) is 3.74. The molecule has 16 heavy (non-hydrogen) atoms. The molecule has 0 amide bonds.